The smallest absolute Gasteiger partial charge is 0.255 e. The Morgan fingerprint density at radius 2 is 1.93 bits per heavy atom. The second-order valence-electron chi connectivity index (χ2n) is 8.20. The van der Waals surface area contributed by atoms with Crippen LogP contribution in [0, 0.1) is 0 Å². The van der Waals surface area contributed by atoms with E-state index in [1.807, 2.05) is 18.2 Å². The summed E-state index contributed by atoms with van der Waals surface area (Å²) in [4.78, 5) is 40.5. The SMILES string of the molecule is NC1CCN(CCNCc2cccc3c2CN(C2CCC(=O)NC2=O)C3=O)CC1. The van der Waals surface area contributed by atoms with E-state index in [0.717, 1.165) is 50.1 Å². The summed E-state index contributed by atoms with van der Waals surface area (Å²) in [5, 5.41) is 5.83. The van der Waals surface area contributed by atoms with Crippen molar-refractivity contribution in [1.29, 1.82) is 0 Å². The Morgan fingerprint density at radius 3 is 2.69 bits per heavy atom. The van der Waals surface area contributed by atoms with Gasteiger partial charge in [0, 0.05) is 44.2 Å². The van der Waals surface area contributed by atoms with E-state index in [1.54, 1.807) is 4.90 Å². The molecule has 4 N–H and O–H groups in total. The van der Waals surface area contributed by atoms with Gasteiger partial charge in [0.1, 0.15) is 6.04 Å². The van der Waals surface area contributed by atoms with Crippen LogP contribution in [0.15, 0.2) is 18.2 Å². The molecule has 0 spiro atoms. The molecule has 2 fully saturated rings. The van der Waals surface area contributed by atoms with Gasteiger partial charge in [0.05, 0.1) is 0 Å². The summed E-state index contributed by atoms with van der Waals surface area (Å²) in [5.41, 5.74) is 8.70. The average molecular weight is 399 g/mol. The minimum absolute atomic E-state index is 0.124. The van der Waals surface area contributed by atoms with E-state index in [9.17, 15) is 14.4 Å². The number of hydrogen-bond acceptors (Lipinski definition) is 6. The summed E-state index contributed by atoms with van der Waals surface area (Å²) in [7, 11) is 0. The van der Waals surface area contributed by atoms with Crippen molar-refractivity contribution in [3.63, 3.8) is 0 Å². The second-order valence-corrected chi connectivity index (χ2v) is 8.20. The molecule has 0 saturated carbocycles. The molecule has 3 amide bonds. The van der Waals surface area contributed by atoms with Crippen LogP contribution in [-0.2, 0) is 22.7 Å². The number of piperidine rings is 2. The third kappa shape index (κ3) is 4.34. The second kappa shape index (κ2) is 8.61. The molecule has 1 aromatic carbocycles. The lowest BCUT2D eigenvalue weighted by Gasteiger charge is -2.30. The number of nitrogens with zero attached hydrogens (tertiary/aromatic N) is 2. The zero-order chi connectivity index (χ0) is 20.4. The van der Waals surface area contributed by atoms with E-state index >= 15 is 0 Å². The Labute approximate surface area is 170 Å². The lowest BCUT2D eigenvalue weighted by atomic mass is 10.0. The fourth-order valence-electron chi connectivity index (χ4n) is 4.45. The molecular formula is C21H29N5O3. The number of rotatable bonds is 6. The van der Waals surface area contributed by atoms with Crippen LogP contribution in [0.1, 0.15) is 47.2 Å². The van der Waals surface area contributed by atoms with Crippen LogP contribution >= 0.6 is 0 Å². The fraction of sp³-hybridized carbons (Fsp3) is 0.571. The molecule has 0 radical (unpaired) electrons. The van der Waals surface area contributed by atoms with Crippen LogP contribution in [0.25, 0.3) is 0 Å². The maximum Gasteiger partial charge on any atom is 0.255 e. The molecule has 1 aromatic rings. The summed E-state index contributed by atoms with van der Waals surface area (Å²) in [5.74, 6) is -0.764. The number of hydrogen-bond donors (Lipinski definition) is 3. The molecule has 8 heteroatoms. The number of nitrogens with two attached hydrogens (primary N) is 1. The predicted molar refractivity (Wildman–Crippen MR) is 108 cm³/mol. The summed E-state index contributed by atoms with van der Waals surface area (Å²) in [6, 6.07) is 5.53. The van der Waals surface area contributed by atoms with Gasteiger partial charge in [0.25, 0.3) is 5.91 Å². The Bertz CT molecular complexity index is 804. The summed E-state index contributed by atoms with van der Waals surface area (Å²) in [6.07, 6.45) is 2.78. The molecule has 0 bridgehead atoms. The minimum atomic E-state index is -0.570. The Morgan fingerprint density at radius 1 is 1.14 bits per heavy atom. The van der Waals surface area contributed by atoms with Gasteiger partial charge in [-0.2, -0.15) is 0 Å². The van der Waals surface area contributed by atoms with Crippen molar-refractivity contribution in [2.75, 3.05) is 26.2 Å². The van der Waals surface area contributed by atoms with Crippen LogP contribution in [0.4, 0.5) is 0 Å². The highest BCUT2D eigenvalue weighted by Gasteiger charge is 2.39. The first-order valence-corrected chi connectivity index (χ1v) is 10.5. The molecule has 3 aliphatic rings. The monoisotopic (exact) mass is 399 g/mol. The van der Waals surface area contributed by atoms with Gasteiger partial charge >= 0.3 is 0 Å². The van der Waals surface area contributed by atoms with Crippen LogP contribution in [-0.4, -0.2) is 65.8 Å². The maximum atomic E-state index is 12.9. The highest BCUT2D eigenvalue weighted by Crippen LogP contribution is 2.29. The Kier molecular flexibility index (Phi) is 5.94. The summed E-state index contributed by atoms with van der Waals surface area (Å²) < 4.78 is 0. The number of imide groups is 1. The fourth-order valence-corrected chi connectivity index (χ4v) is 4.45. The van der Waals surface area contributed by atoms with Crippen molar-refractivity contribution in [1.82, 2.24) is 20.4 Å². The van der Waals surface area contributed by atoms with Crippen LogP contribution in [0.2, 0.25) is 0 Å². The van der Waals surface area contributed by atoms with Gasteiger partial charge in [-0.3, -0.25) is 19.7 Å². The first-order chi connectivity index (χ1) is 14.0. The predicted octanol–water partition coefficient (Wildman–Crippen LogP) is -0.0397. The normalized spacial score (nSPS) is 23.4. The molecule has 0 aromatic heterocycles. The molecule has 29 heavy (non-hydrogen) atoms. The molecule has 0 aliphatic carbocycles. The Balaban J connectivity index is 1.34. The molecule has 3 heterocycles. The first-order valence-electron chi connectivity index (χ1n) is 10.5. The van der Waals surface area contributed by atoms with E-state index in [2.05, 4.69) is 15.5 Å². The van der Waals surface area contributed by atoms with Gasteiger partial charge in [0.2, 0.25) is 11.8 Å². The highest BCUT2D eigenvalue weighted by molar-refractivity contribution is 6.05. The number of nitrogens with one attached hydrogen (secondary N) is 2. The largest absolute Gasteiger partial charge is 0.328 e. The van der Waals surface area contributed by atoms with E-state index in [1.165, 1.54) is 0 Å². The zero-order valence-electron chi connectivity index (χ0n) is 16.7. The minimum Gasteiger partial charge on any atom is -0.328 e. The van der Waals surface area contributed by atoms with Gasteiger partial charge < -0.3 is 20.9 Å². The number of benzene rings is 1. The number of carbonyl (C=O) groups excluding carboxylic acids is 3. The number of carbonyl (C=O) groups is 3. The molecule has 2 saturated heterocycles. The van der Waals surface area contributed by atoms with Crippen molar-refractivity contribution < 1.29 is 14.4 Å². The lowest BCUT2D eigenvalue weighted by Crippen LogP contribution is -2.52. The third-order valence-electron chi connectivity index (χ3n) is 6.23. The van der Waals surface area contributed by atoms with E-state index in [4.69, 9.17) is 5.73 Å². The molecule has 4 rings (SSSR count). The molecule has 1 atom stereocenters. The topological polar surface area (TPSA) is 108 Å². The Hall–Kier alpha value is -2.29. The first kappa shape index (κ1) is 20.0. The van der Waals surface area contributed by atoms with Crippen LogP contribution < -0.4 is 16.4 Å². The summed E-state index contributed by atoms with van der Waals surface area (Å²) in [6.45, 7) is 5.08. The van der Waals surface area contributed by atoms with E-state index in [0.29, 0.717) is 31.1 Å². The van der Waals surface area contributed by atoms with Gasteiger partial charge in [-0.05, 0) is 49.5 Å². The van der Waals surface area contributed by atoms with Crippen LogP contribution in [0.3, 0.4) is 0 Å². The van der Waals surface area contributed by atoms with E-state index in [-0.39, 0.29) is 24.1 Å². The van der Waals surface area contributed by atoms with Crippen molar-refractivity contribution in [2.24, 2.45) is 5.73 Å². The standard InChI is InChI=1S/C21H29N5O3/c22-15-6-9-25(10-7-15)11-8-23-12-14-2-1-3-16-17(14)13-26(21(16)29)18-4-5-19(27)24-20(18)28/h1-3,15,18,23H,4-13,22H2,(H,24,27,28). The molecular weight excluding hydrogens is 370 g/mol. The van der Waals surface area contributed by atoms with Crippen molar-refractivity contribution in [2.45, 2.75) is 50.9 Å². The quantitative estimate of drug-likeness (QED) is 0.458. The van der Waals surface area contributed by atoms with Crippen molar-refractivity contribution >= 4 is 17.7 Å². The highest BCUT2D eigenvalue weighted by atomic mass is 16.2. The van der Waals surface area contributed by atoms with Crippen molar-refractivity contribution in [3.8, 4) is 0 Å². The summed E-state index contributed by atoms with van der Waals surface area (Å²) >= 11 is 0. The number of likely N-dealkylation sites (tertiary alicyclic amines) is 1. The zero-order valence-corrected chi connectivity index (χ0v) is 16.7. The van der Waals surface area contributed by atoms with E-state index < -0.39 is 6.04 Å². The lowest BCUT2D eigenvalue weighted by molar-refractivity contribution is -0.136. The average Bonchev–Trinajstić information content (AvgIpc) is 3.04. The number of amides is 3. The molecule has 3 aliphatic heterocycles. The van der Waals surface area contributed by atoms with Crippen LogP contribution in [0.5, 0.6) is 0 Å². The van der Waals surface area contributed by atoms with Crippen molar-refractivity contribution in [3.05, 3.63) is 34.9 Å². The molecule has 1 unspecified atom stereocenters. The third-order valence-corrected chi connectivity index (χ3v) is 6.23. The van der Waals surface area contributed by atoms with Gasteiger partial charge in [-0.25, -0.2) is 0 Å². The molecule has 156 valence electrons. The van der Waals surface area contributed by atoms with Gasteiger partial charge in [-0.1, -0.05) is 12.1 Å². The number of fused-ring (bicyclic) bond motifs is 1. The maximum absolute atomic E-state index is 12.9. The molecule has 8 nitrogen and oxygen atoms in total. The van der Waals surface area contributed by atoms with Gasteiger partial charge in [-0.15, -0.1) is 0 Å². The van der Waals surface area contributed by atoms with Gasteiger partial charge in [0.15, 0.2) is 0 Å².